The van der Waals surface area contributed by atoms with Crippen LogP contribution < -0.4 is 9.46 Å². The molecule has 0 aliphatic rings. The Morgan fingerprint density at radius 2 is 1.82 bits per heavy atom. The van der Waals surface area contributed by atoms with E-state index in [4.69, 9.17) is 18.4 Å². The summed E-state index contributed by atoms with van der Waals surface area (Å²) in [5.74, 6) is 0.731. The van der Waals surface area contributed by atoms with Crippen molar-refractivity contribution in [2.45, 2.75) is 18.4 Å². The SMILES string of the molecule is CCOc1ccc(S(=O)(=O)Nc2ccccc2C(=O)OCc2cc(-c3ccco3)on2)cc1. The third kappa shape index (κ3) is 5.24. The van der Waals surface area contributed by atoms with E-state index in [1.165, 1.54) is 30.5 Å². The number of ether oxygens (including phenoxy) is 2. The van der Waals surface area contributed by atoms with Gasteiger partial charge in [-0.05, 0) is 55.5 Å². The Morgan fingerprint density at radius 3 is 2.55 bits per heavy atom. The van der Waals surface area contributed by atoms with Gasteiger partial charge in [-0.25, -0.2) is 13.2 Å². The van der Waals surface area contributed by atoms with Crippen LogP contribution in [0.3, 0.4) is 0 Å². The number of furan rings is 1. The van der Waals surface area contributed by atoms with Crippen LogP contribution in [0.1, 0.15) is 23.0 Å². The van der Waals surface area contributed by atoms with E-state index in [1.807, 2.05) is 6.92 Å². The summed E-state index contributed by atoms with van der Waals surface area (Å²) >= 11 is 0. The molecule has 33 heavy (non-hydrogen) atoms. The molecule has 0 saturated heterocycles. The first-order valence-corrected chi connectivity index (χ1v) is 11.5. The van der Waals surface area contributed by atoms with Crippen LogP contribution in [0.4, 0.5) is 5.69 Å². The van der Waals surface area contributed by atoms with Crippen molar-refractivity contribution in [3.8, 4) is 17.3 Å². The number of carbonyl (C=O) groups excluding carboxylic acids is 1. The summed E-state index contributed by atoms with van der Waals surface area (Å²) in [6.45, 7) is 2.14. The van der Waals surface area contributed by atoms with Gasteiger partial charge in [-0.2, -0.15) is 0 Å². The Bertz CT molecular complexity index is 1330. The lowest BCUT2D eigenvalue weighted by molar-refractivity contribution is 0.0465. The summed E-state index contributed by atoms with van der Waals surface area (Å²) in [4.78, 5) is 12.7. The average Bonchev–Trinajstić information content (AvgIpc) is 3.50. The minimum absolute atomic E-state index is 0.0298. The number of aromatic nitrogens is 1. The largest absolute Gasteiger partial charge is 0.494 e. The number of hydrogen-bond donors (Lipinski definition) is 1. The molecule has 0 amide bonds. The van der Waals surface area contributed by atoms with Crippen LogP contribution in [-0.2, 0) is 21.4 Å². The van der Waals surface area contributed by atoms with Gasteiger partial charge in [0.05, 0.1) is 29.0 Å². The highest BCUT2D eigenvalue weighted by Crippen LogP contribution is 2.24. The molecule has 0 spiro atoms. The molecule has 170 valence electrons. The van der Waals surface area contributed by atoms with E-state index in [0.29, 0.717) is 29.6 Å². The van der Waals surface area contributed by atoms with Gasteiger partial charge in [-0.1, -0.05) is 17.3 Å². The molecule has 1 N–H and O–H groups in total. The predicted octanol–water partition coefficient (Wildman–Crippen LogP) is 4.49. The van der Waals surface area contributed by atoms with E-state index in [-0.39, 0.29) is 22.8 Å². The monoisotopic (exact) mass is 468 g/mol. The van der Waals surface area contributed by atoms with Gasteiger partial charge in [0.1, 0.15) is 18.1 Å². The van der Waals surface area contributed by atoms with Gasteiger partial charge in [0.25, 0.3) is 10.0 Å². The molecule has 0 bridgehead atoms. The van der Waals surface area contributed by atoms with E-state index in [9.17, 15) is 13.2 Å². The molecule has 0 aliphatic carbocycles. The second-order valence-corrected chi connectivity index (χ2v) is 8.47. The molecule has 0 fully saturated rings. The van der Waals surface area contributed by atoms with Crippen molar-refractivity contribution in [3.05, 3.63) is 84.3 Å². The van der Waals surface area contributed by atoms with E-state index < -0.39 is 16.0 Å². The summed E-state index contributed by atoms with van der Waals surface area (Å²) in [6, 6.07) is 17.2. The Morgan fingerprint density at radius 1 is 1.03 bits per heavy atom. The zero-order chi connectivity index (χ0) is 23.3. The van der Waals surface area contributed by atoms with Gasteiger partial charge in [-0.15, -0.1) is 0 Å². The van der Waals surface area contributed by atoms with Crippen molar-refractivity contribution in [2.24, 2.45) is 0 Å². The summed E-state index contributed by atoms with van der Waals surface area (Å²) in [5, 5.41) is 3.85. The molecule has 2 heterocycles. The van der Waals surface area contributed by atoms with Crippen molar-refractivity contribution >= 4 is 21.7 Å². The number of esters is 1. The van der Waals surface area contributed by atoms with Crippen LogP contribution in [0.25, 0.3) is 11.5 Å². The van der Waals surface area contributed by atoms with E-state index in [0.717, 1.165) is 0 Å². The molecule has 0 radical (unpaired) electrons. The van der Waals surface area contributed by atoms with Crippen LogP contribution in [-0.4, -0.2) is 26.2 Å². The van der Waals surface area contributed by atoms with Crippen molar-refractivity contribution in [3.63, 3.8) is 0 Å². The third-order valence-electron chi connectivity index (χ3n) is 4.51. The number of hydrogen-bond acceptors (Lipinski definition) is 8. The summed E-state index contributed by atoms with van der Waals surface area (Å²) < 4.78 is 49.1. The summed E-state index contributed by atoms with van der Waals surface area (Å²) in [5.41, 5.74) is 0.525. The highest BCUT2D eigenvalue weighted by Gasteiger charge is 2.20. The Hall–Kier alpha value is -4.05. The lowest BCUT2D eigenvalue weighted by atomic mass is 10.2. The minimum atomic E-state index is -3.94. The van der Waals surface area contributed by atoms with Gasteiger partial charge in [0.2, 0.25) is 5.76 Å². The van der Waals surface area contributed by atoms with E-state index in [1.54, 1.807) is 42.5 Å². The number of para-hydroxylation sites is 1. The molecule has 4 aromatic rings. The maximum Gasteiger partial charge on any atom is 0.340 e. The first kappa shape index (κ1) is 22.2. The van der Waals surface area contributed by atoms with Gasteiger partial charge in [0.15, 0.2) is 5.76 Å². The van der Waals surface area contributed by atoms with E-state index in [2.05, 4.69) is 9.88 Å². The number of nitrogens with zero attached hydrogens (tertiary/aromatic N) is 1. The molecule has 9 nitrogen and oxygen atoms in total. The molecule has 2 aromatic heterocycles. The molecule has 2 aromatic carbocycles. The van der Waals surface area contributed by atoms with Crippen molar-refractivity contribution in [2.75, 3.05) is 11.3 Å². The Balaban J connectivity index is 1.46. The van der Waals surface area contributed by atoms with Crippen molar-refractivity contribution < 1.29 is 31.6 Å². The molecule has 0 unspecified atom stereocenters. The maximum absolute atomic E-state index is 12.8. The number of benzene rings is 2. The summed E-state index contributed by atoms with van der Waals surface area (Å²) in [7, 11) is -3.94. The van der Waals surface area contributed by atoms with Crippen LogP contribution in [0.15, 0.2) is 86.8 Å². The van der Waals surface area contributed by atoms with Crippen molar-refractivity contribution in [1.82, 2.24) is 5.16 Å². The lowest BCUT2D eigenvalue weighted by Gasteiger charge is -2.12. The standard InChI is InChI=1S/C23H20N2O7S/c1-2-29-17-9-11-18(12-10-17)33(27,28)25-20-7-4-3-6-19(20)23(26)31-15-16-14-22(32-24-16)21-8-5-13-30-21/h3-14,25H,2,15H2,1H3. The highest BCUT2D eigenvalue weighted by atomic mass is 32.2. The first-order valence-electron chi connectivity index (χ1n) is 9.97. The minimum Gasteiger partial charge on any atom is -0.494 e. The summed E-state index contributed by atoms with van der Waals surface area (Å²) in [6.07, 6.45) is 1.50. The van der Waals surface area contributed by atoms with Crippen LogP contribution in [0.2, 0.25) is 0 Å². The molecule has 4 rings (SSSR count). The van der Waals surface area contributed by atoms with Crippen LogP contribution in [0, 0.1) is 0 Å². The fourth-order valence-corrected chi connectivity index (χ4v) is 4.05. The zero-order valence-corrected chi connectivity index (χ0v) is 18.4. The maximum atomic E-state index is 12.8. The topological polar surface area (TPSA) is 121 Å². The van der Waals surface area contributed by atoms with Crippen LogP contribution >= 0.6 is 0 Å². The molecular weight excluding hydrogens is 448 g/mol. The Labute approximate surface area is 190 Å². The highest BCUT2D eigenvalue weighted by molar-refractivity contribution is 7.92. The molecule has 0 atom stereocenters. The smallest absolute Gasteiger partial charge is 0.340 e. The van der Waals surface area contributed by atoms with Gasteiger partial charge >= 0.3 is 5.97 Å². The first-order chi connectivity index (χ1) is 16.0. The number of carbonyl (C=O) groups is 1. The van der Waals surface area contributed by atoms with E-state index >= 15 is 0 Å². The predicted molar refractivity (Wildman–Crippen MR) is 118 cm³/mol. The molecule has 0 aliphatic heterocycles. The van der Waals surface area contributed by atoms with Crippen molar-refractivity contribution in [1.29, 1.82) is 0 Å². The number of anilines is 1. The molecular formula is C23H20N2O7S. The quantitative estimate of drug-likeness (QED) is 0.357. The van der Waals surface area contributed by atoms with Gasteiger partial charge in [0, 0.05) is 6.07 Å². The van der Waals surface area contributed by atoms with Gasteiger partial charge < -0.3 is 18.4 Å². The van der Waals surface area contributed by atoms with Crippen LogP contribution in [0.5, 0.6) is 5.75 Å². The zero-order valence-electron chi connectivity index (χ0n) is 17.6. The number of rotatable bonds is 9. The average molecular weight is 468 g/mol. The Kier molecular flexibility index (Phi) is 6.45. The number of nitrogens with one attached hydrogen (secondary N) is 1. The third-order valence-corrected chi connectivity index (χ3v) is 5.89. The second kappa shape index (κ2) is 9.61. The van der Waals surface area contributed by atoms with Gasteiger partial charge in [-0.3, -0.25) is 4.72 Å². The second-order valence-electron chi connectivity index (χ2n) is 6.79. The fraction of sp³-hybridized carbons (Fsp3) is 0.130. The normalized spacial score (nSPS) is 11.2. The molecule has 10 heteroatoms. The number of sulfonamides is 1. The fourth-order valence-electron chi connectivity index (χ4n) is 2.97. The lowest BCUT2D eigenvalue weighted by Crippen LogP contribution is -2.16. The molecule has 0 saturated carbocycles.